The van der Waals surface area contributed by atoms with E-state index in [0.717, 1.165) is 48.3 Å². The Hall–Kier alpha value is -1.22. The highest BCUT2D eigenvalue weighted by atomic mass is 16.5. The van der Waals surface area contributed by atoms with Crippen molar-refractivity contribution in [1.82, 2.24) is 0 Å². The Labute approximate surface area is 115 Å². The first kappa shape index (κ1) is 14.2. The van der Waals surface area contributed by atoms with Crippen molar-refractivity contribution in [3.8, 4) is 11.5 Å². The summed E-state index contributed by atoms with van der Waals surface area (Å²) in [6.45, 7) is 4.14. The third-order valence-corrected chi connectivity index (χ3v) is 4.38. The van der Waals surface area contributed by atoms with Crippen LogP contribution in [0.25, 0.3) is 0 Å². The second kappa shape index (κ2) is 5.83. The van der Waals surface area contributed by atoms with Gasteiger partial charge < -0.3 is 14.6 Å². The number of hydrogen-bond donors (Lipinski definition) is 1. The van der Waals surface area contributed by atoms with Crippen molar-refractivity contribution in [3.63, 3.8) is 0 Å². The molecule has 1 aromatic carbocycles. The molecule has 0 atom stereocenters. The molecular weight excluding hydrogens is 240 g/mol. The van der Waals surface area contributed by atoms with Gasteiger partial charge in [0.15, 0.2) is 0 Å². The molecule has 0 heterocycles. The Morgan fingerprint density at radius 2 is 1.63 bits per heavy atom. The Morgan fingerprint density at radius 1 is 1.00 bits per heavy atom. The summed E-state index contributed by atoms with van der Waals surface area (Å²) in [7, 11) is 3.44. The highest BCUT2D eigenvalue weighted by Gasteiger charge is 2.25. The molecule has 1 fully saturated rings. The van der Waals surface area contributed by atoms with Crippen molar-refractivity contribution in [1.29, 1.82) is 0 Å². The molecule has 19 heavy (non-hydrogen) atoms. The molecule has 2 rings (SSSR count). The maximum Gasteiger partial charge on any atom is 0.125 e. The average Bonchev–Trinajstić information content (AvgIpc) is 2.42. The lowest BCUT2D eigenvalue weighted by molar-refractivity contribution is 0.122. The van der Waals surface area contributed by atoms with Crippen molar-refractivity contribution in [2.75, 3.05) is 14.2 Å². The predicted octanol–water partition coefficient (Wildman–Crippen LogP) is 3.34. The van der Waals surface area contributed by atoms with Crippen molar-refractivity contribution in [2.24, 2.45) is 0 Å². The largest absolute Gasteiger partial charge is 0.496 e. The van der Waals surface area contributed by atoms with Gasteiger partial charge in [0.05, 0.1) is 20.3 Å². The molecule has 106 valence electrons. The Bertz CT molecular complexity index is 446. The van der Waals surface area contributed by atoms with Crippen LogP contribution in [-0.2, 0) is 0 Å². The molecule has 0 aromatic heterocycles. The van der Waals surface area contributed by atoms with Gasteiger partial charge in [0.2, 0.25) is 0 Å². The number of hydrogen-bond acceptors (Lipinski definition) is 3. The molecule has 0 saturated heterocycles. The van der Waals surface area contributed by atoms with E-state index in [0.29, 0.717) is 5.92 Å². The van der Waals surface area contributed by atoms with E-state index in [1.54, 1.807) is 14.2 Å². The van der Waals surface area contributed by atoms with E-state index in [1.807, 2.05) is 0 Å². The van der Waals surface area contributed by atoms with Crippen LogP contribution in [0.4, 0.5) is 0 Å². The van der Waals surface area contributed by atoms with Crippen molar-refractivity contribution in [3.05, 3.63) is 22.8 Å². The maximum absolute atomic E-state index is 9.64. The Balaban J connectivity index is 2.40. The standard InChI is InChI=1S/C16H24O3/c1-10-11(2)16(19-4)14(9-15(10)18-3)12-5-7-13(17)8-6-12/h9,12-13,17H,5-8H2,1-4H3. The normalized spacial score (nSPS) is 23.2. The Kier molecular flexibility index (Phi) is 4.35. The molecule has 3 nitrogen and oxygen atoms in total. The van der Waals surface area contributed by atoms with Gasteiger partial charge in [-0.05, 0) is 62.6 Å². The van der Waals surface area contributed by atoms with Crippen LogP contribution in [0, 0.1) is 13.8 Å². The van der Waals surface area contributed by atoms with E-state index in [4.69, 9.17) is 9.47 Å². The van der Waals surface area contributed by atoms with Gasteiger partial charge in [-0.2, -0.15) is 0 Å². The summed E-state index contributed by atoms with van der Waals surface area (Å²) in [5.74, 6) is 2.38. The van der Waals surface area contributed by atoms with Crippen molar-refractivity contribution < 1.29 is 14.6 Å². The summed E-state index contributed by atoms with van der Waals surface area (Å²) in [6.07, 6.45) is 3.66. The summed E-state index contributed by atoms with van der Waals surface area (Å²) in [4.78, 5) is 0. The molecule has 0 unspecified atom stereocenters. The number of benzene rings is 1. The highest BCUT2D eigenvalue weighted by Crippen LogP contribution is 2.42. The van der Waals surface area contributed by atoms with Gasteiger partial charge in [-0.25, -0.2) is 0 Å². The number of rotatable bonds is 3. The van der Waals surface area contributed by atoms with Crippen LogP contribution in [0.5, 0.6) is 11.5 Å². The highest BCUT2D eigenvalue weighted by molar-refractivity contribution is 5.54. The third-order valence-electron chi connectivity index (χ3n) is 4.38. The second-order valence-electron chi connectivity index (χ2n) is 5.46. The van der Waals surface area contributed by atoms with Crippen molar-refractivity contribution >= 4 is 0 Å². The van der Waals surface area contributed by atoms with Gasteiger partial charge in [0.1, 0.15) is 11.5 Å². The molecule has 1 aromatic rings. The van der Waals surface area contributed by atoms with Crippen molar-refractivity contribution in [2.45, 2.75) is 51.6 Å². The minimum absolute atomic E-state index is 0.129. The number of methoxy groups -OCH3 is 2. The minimum Gasteiger partial charge on any atom is -0.496 e. The van der Waals surface area contributed by atoms with E-state index in [2.05, 4.69) is 19.9 Å². The smallest absolute Gasteiger partial charge is 0.125 e. The molecule has 1 N–H and O–H groups in total. The summed E-state index contributed by atoms with van der Waals surface area (Å²) < 4.78 is 11.1. The first-order valence-electron chi connectivity index (χ1n) is 6.98. The van der Waals surface area contributed by atoms with Crippen LogP contribution < -0.4 is 9.47 Å². The molecule has 1 saturated carbocycles. The summed E-state index contributed by atoms with van der Waals surface area (Å²) >= 11 is 0. The molecule has 0 bridgehead atoms. The monoisotopic (exact) mass is 264 g/mol. The minimum atomic E-state index is -0.129. The fraction of sp³-hybridized carbons (Fsp3) is 0.625. The van der Waals surface area contributed by atoms with Crippen LogP contribution in [0.1, 0.15) is 48.3 Å². The van der Waals surface area contributed by atoms with Crippen LogP contribution in [0.2, 0.25) is 0 Å². The quantitative estimate of drug-likeness (QED) is 0.910. The first-order chi connectivity index (χ1) is 9.08. The van der Waals surface area contributed by atoms with E-state index >= 15 is 0 Å². The lowest BCUT2D eigenvalue weighted by Crippen LogP contribution is -2.17. The summed E-state index contributed by atoms with van der Waals surface area (Å²) in [5.41, 5.74) is 3.52. The Morgan fingerprint density at radius 3 is 2.16 bits per heavy atom. The van der Waals surface area contributed by atoms with Crippen LogP contribution in [0.3, 0.4) is 0 Å². The second-order valence-corrected chi connectivity index (χ2v) is 5.46. The number of ether oxygens (including phenoxy) is 2. The zero-order valence-corrected chi connectivity index (χ0v) is 12.3. The molecule has 1 aliphatic carbocycles. The van der Waals surface area contributed by atoms with Gasteiger partial charge in [-0.15, -0.1) is 0 Å². The average molecular weight is 264 g/mol. The van der Waals surface area contributed by atoms with Crippen LogP contribution >= 0.6 is 0 Å². The topological polar surface area (TPSA) is 38.7 Å². The molecule has 0 radical (unpaired) electrons. The zero-order chi connectivity index (χ0) is 14.0. The summed E-state index contributed by atoms with van der Waals surface area (Å²) in [6, 6.07) is 2.11. The molecule has 0 spiro atoms. The van der Waals surface area contributed by atoms with Gasteiger partial charge in [0, 0.05) is 5.56 Å². The fourth-order valence-corrected chi connectivity index (χ4v) is 3.06. The predicted molar refractivity (Wildman–Crippen MR) is 76.2 cm³/mol. The van der Waals surface area contributed by atoms with Crippen LogP contribution in [-0.4, -0.2) is 25.4 Å². The molecular formula is C16H24O3. The summed E-state index contributed by atoms with van der Waals surface area (Å²) in [5, 5.41) is 9.64. The third kappa shape index (κ3) is 2.71. The van der Waals surface area contributed by atoms with E-state index in [1.165, 1.54) is 5.56 Å². The zero-order valence-electron chi connectivity index (χ0n) is 12.3. The lowest BCUT2D eigenvalue weighted by Gasteiger charge is -2.28. The molecule has 0 amide bonds. The molecule has 0 aliphatic heterocycles. The van der Waals surface area contributed by atoms with E-state index in [-0.39, 0.29) is 6.10 Å². The lowest BCUT2D eigenvalue weighted by atomic mass is 9.81. The maximum atomic E-state index is 9.64. The molecule has 3 heteroatoms. The SMILES string of the molecule is COc1cc(C2CCC(O)CC2)c(OC)c(C)c1C. The number of aliphatic hydroxyl groups is 1. The fourth-order valence-electron chi connectivity index (χ4n) is 3.06. The van der Waals surface area contributed by atoms with Gasteiger partial charge >= 0.3 is 0 Å². The molecule has 1 aliphatic rings. The number of aliphatic hydroxyl groups excluding tert-OH is 1. The van der Waals surface area contributed by atoms with E-state index < -0.39 is 0 Å². The van der Waals surface area contributed by atoms with Gasteiger partial charge in [-0.1, -0.05) is 0 Å². The van der Waals surface area contributed by atoms with E-state index in [9.17, 15) is 5.11 Å². The van der Waals surface area contributed by atoms with Gasteiger partial charge in [-0.3, -0.25) is 0 Å². The van der Waals surface area contributed by atoms with Gasteiger partial charge in [0.25, 0.3) is 0 Å². The van der Waals surface area contributed by atoms with Crippen LogP contribution in [0.15, 0.2) is 6.07 Å². The first-order valence-corrected chi connectivity index (χ1v) is 6.98.